The summed E-state index contributed by atoms with van der Waals surface area (Å²) in [6, 6.07) is 1.23. The number of hydrogen-bond donors (Lipinski definition) is 1. The van der Waals surface area contributed by atoms with Gasteiger partial charge >= 0.3 is 0 Å². The van der Waals surface area contributed by atoms with Crippen molar-refractivity contribution in [2.75, 3.05) is 6.54 Å². The van der Waals surface area contributed by atoms with Crippen LogP contribution in [0.3, 0.4) is 0 Å². The van der Waals surface area contributed by atoms with Gasteiger partial charge in [-0.1, -0.05) is 20.8 Å². The van der Waals surface area contributed by atoms with Crippen LogP contribution < -0.4 is 0 Å². The first-order chi connectivity index (χ1) is 7.63. The molecule has 16 heavy (non-hydrogen) atoms. The van der Waals surface area contributed by atoms with Gasteiger partial charge in [0.1, 0.15) is 0 Å². The lowest BCUT2D eigenvalue weighted by atomic mass is 9.77. The van der Waals surface area contributed by atoms with Crippen LogP contribution in [-0.2, 0) is 0 Å². The molecule has 0 aromatic heterocycles. The van der Waals surface area contributed by atoms with E-state index in [-0.39, 0.29) is 6.10 Å². The van der Waals surface area contributed by atoms with Crippen LogP contribution in [0.2, 0.25) is 0 Å². The van der Waals surface area contributed by atoms with Gasteiger partial charge < -0.3 is 5.11 Å². The molecule has 2 rings (SSSR count). The van der Waals surface area contributed by atoms with E-state index in [1.165, 1.54) is 25.7 Å². The average molecular weight is 225 g/mol. The SMILES string of the molecule is CCN(C1CC1)C1CC(C(C)C)CCC1O. The minimum absolute atomic E-state index is 0.0736. The molecule has 0 aliphatic heterocycles. The molecule has 1 N–H and O–H groups in total. The first kappa shape index (κ1) is 12.4. The minimum Gasteiger partial charge on any atom is -0.391 e. The third-order valence-electron chi connectivity index (χ3n) is 4.57. The van der Waals surface area contributed by atoms with Crippen molar-refractivity contribution in [2.24, 2.45) is 11.8 Å². The fourth-order valence-electron chi connectivity index (χ4n) is 3.29. The summed E-state index contributed by atoms with van der Waals surface area (Å²) in [7, 11) is 0. The molecule has 0 amide bonds. The normalized spacial score (nSPS) is 36.0. The van der Waals surface area contributed by atoms with Crippen molar-refractivity contribution in [2.45, 2.75) is 71.1 Å². The molecule has 3 unspecified atom stereocenters. The van der Waals surface area contributed by atoms with Crippen LogP contribution in [0.5, 0.6) is 0 Å². The molecule has 0 aromatic rings. The molecule has 0 spiro atoms. The Balaban J connectivity index is 1.99. The predicted octanol–water partition coefficient (Wildman–Crippen LogP) is 2.66. The number of nitrogens with zero attached hydrogens (tertiary/aromatic N) is 1. The molecular formula is C14H27NO. The summed E-state index contributed by atoms with van der Waals surface area (Å²) in [5.74, 6) is 1.59. The zero-order chi connectivity index (χ0) is 11.7. The van der Waals surface area contributed by atoms with Crippen LogP contribution in [0.4, 0.5) is 0 Å². The molecule has 0 bridgehead atoms. The molecular weight excluding hydrogens is 198 g/mol. The molecule has 2 saturated carbocycles. The lowest BCUT2D eigenvalue weighted by molar-refractivity contribution is -0.00613. The second-order valence-electron chi connectivity index (χ2n) is 6.01. The number of aliphatic hydroxyl groups excluding tert-OH is 1. The Labute approximate surface area is 100 Å². The third kappa shape index (κ3) is 2.60. The van der Waals surface area contributed by atoms with Gasteiger partial charge in [-0.25, -0.2) is 0 Å². The molecule has 0 aromatic carbocycles. The largest absolute Gasteiger partial charge is 0.391 e. The molecule has 2 nitrogen and oxygen atoms in total. The molecule has 94 valence electrons. The van der Waals surface area contributed by atoms with Crippen LogP contribution in [-0.4, -0.2) is 34.7 Å². The van der Waals surface area contributed by atoms with Crippen LogP contribution in [0.1, 0.15) is 52.9 Å². The first-order valence-corrected chi connectivity index (χ1v) is 7.07. The lowest BCUT2D eigenvalue weighted by Crippen LogP contribution is -2.49. The van der Waals surface area contributed by atoms with E-state index in [9.17, 15) is 5.11 Å². The number of rotatable bonds is 4. The van der Waals surface area contributed by atoms with Gasteiger partial charge in [-0.15, -0.1) is 0 Å². The molecule has 3 atom stereocenters. The van der Waals surface area contributed by atoms with Gasteiger partial charge in [0.15, 0.2) is 0 Å². The Hall–Kier alpha value is -0.0800. The Morgan fingerprint density at radius 1 is 1.19 bits per heavy atom. The van der Waals surface area contributed by atoms with Gasteiger partial charge in [-0.05, 0) is 50.5 Å². The van der Waals surface area contributed by atoms with Crippen molar-refractivity contribution >= 4 is 0 Å². The Bertz CT molecular complexity index is 225. The summed E-state index contributed by atoms with van der Waals surface area (Å²) in [6.45, 7) is 8.00. The lowest BCUT2D eigenvalue weighted by Gasteiger charge is -2.41. The van der Waals surface area contributed by atoms with E-state index in [1.807, 2.05) is 0 Å². The second kappa shape index (κ2) is 5.05. The highest BCUT2D eigenvalue weighted by Gasteiger charge is 2.39. The van der Waals surface area contributed by atoms with E-state index < -0.39 is 0 Å². The maximum absolute atomic E-state index is 10.2. The predicted molar refractivity (Wildman–Crippen MR) is 67.4 cm³/mol. The molecule has 2 aliphatic rings. The first-order valence-electron chi connectivity index (χ1n) is 7.07. The van der Waals surface area contributed by atoms with Crippen molar-refractivity contribution in [3.63, 3.8) is 0 Å². The maximum Gasteiger partial charge on any atom is 0.0695 e. The highest BCUT2D eigenvalue weighted by atomic mass is 16.3. The minimum atomic E-state index is -0.0736. The number of aliphatic hydroxyl groups is 1. The average Bonchev–Trinajstić information content (AvgIpc) is 3.05. The fourth-order valence-corrected chi connectivity index (χ4v) is 3.29. The topological polar surface area (TPSA) is 23.5 Å². The van der Waals surface area contributed by atoms with E-state index in [2.05, 4.69) is 25.7 Å². The van der Waals surface area contributed by atoms with Crippen LogP contribution in [0.15, 0.2) is 0 Å². The molecule has 0 heterocycles. The molecule has 0 saturated heterocycles. The van der Waals surface area contributed by atoms with E-state index in [0.717, 1.165) is 30.8 Å². The summed E-state index contributed by atoms with van der Waals surface area (Å²) >= 11 is 0. The van der Waals surface area contributed by atoms with Crippen molar-refractivity contribution in [3.05, 3.63) is 0 Å². The van der Waals surface area contributed by atoms with E-state index in [4.69, 9.17) is 0 Å². The van der Waals surface area contributed by atoms with Crippen LogP contribution >= 0.6 is 0 Å². The van der Waals surface area contributed by atoms with Gasteiger partial charge in [-0.3, -0.25) is 4.90 Å². The monoisotopic (exact) mass is 225 g/mol. The second-order valence-corrected chi connectivity index (χ2v) is 6.01. The zero-order valence-corrected chi connectivity index (χ0v) is 11.0. The van der Waals surface area contributed by atoms with Gasteiger partial charge in [-0.2, -0.15) is 0 Å². The quantitative estimate of drug-likeness (QED) is 0.795. The summed E-state index contributed by atoms with van der Waals surface area (Å²) in [5.41, 5.74) is 0. The number of hydrogen-bond acceptors (Lipinski definition) is 2. The van der Waals surface area contributed by atoms with Gasteiger partial charge in [0.2, 0.25) is 0 Å². The highest BCUT2D eigenvalue weighted by molar-refractivity contribution is 4.94. The summed E-state index contributed by atoms with van der Waals surface area (Å²) in [5, 5.41) is 10.2. The summed E-state index contributed by atoms with van der Waals surface area (Å²) < 4.78 is 0. The van der Waals surface area contributed by atoms with Crippen LogP contribution in [0.25, 0.3) is 0 Å². The van der Waals surface area contributed by atoms with Gasteiger partial charge in [0.05, 0.1) is 6.10 Å². The highest BCUT2D eigenvalue weighted by Crippen LogP contribution is 2.37. The summed E-state index contributed by atoms with van der Waals surface area (Å²) in [4.78, 5) is 2.57. The third-order valence-corrected chi connectivity index (χ3v) is 4.57. The van der Waals surface area contributed by atoms with Crippen molar-refractivity contribution < 1.29 is 5.11 Å². The molecule has 0 radical (unpaired) electrons. The Kier molecular flexibility index (Phi) is 3.91. The van der Waals surface area contributed by atoms with Gasteiger partial charge in [0.25, 0.3) is 0 Å². The standard InChI is InChI=1S/C14H27NO/c1-4-15(12-6-7-12)13-9-11(10(2)3)5-8-14(13)16/h10-14,16H,4-9H2,1-3H3. The fraction of sp³-hybridized carbons (Fsp3) is 1.00. The maximum atomic E-state index is 10.2. The Morgan fingerprint density at radius 2 is 1.88 bits per heavy atom. The van der Waals surface area contributed by atoms with Crippen molar-refractivity contribution in [1.82, 2.24) is 4.90 Å². The van der Waals surface area contributed by atoms with E-state index >= 15 is 0 Å². The van der Waals surface area contributed by atoms with Gasteiger partial charge in [0, 0.05) is 12.1 Å². The number of likely N-dealkylation sites (N-methyl/N-ethyl adjacent to an activating group) is 1. The smallest absolute Gasteiger partial charge is 0.0695 e. The Morgan fingerprint density at radius 3 is 2.38 bits per heavy atom. The molecule has 2 aliphatic carbocycles. The molecule has 2 fully saturated rings. The van der Waals surface area contributed by atoms with Crippen LogP contribution in [0, 0.1) is 11.8 Å². The molecule has 2 heteroatoms. The summed E-state index contributed by atoms with van der Waals surface area (Å²) in [6.07, 6.45) is 6.07. The van der Waals surface area contributed by atoms with E-state index in [0.29, 0.717) is 6.04 Å². The van der Waals surface area contributed by atoms with Crippen molar-refractivity contribution in [1.29, 1.82) is 0 Å². The van der Waals surface area contributed by atoms with E-state index in [1.54, 1.807) is 0 Å². The van der Waals surface area contributed by atoms with Crippen molar-refractivity contribution in [3.8, 4) is 0 Å². The zero-order valence-electron chi connectivity index (χ0n) is 11.0.